The lowest BCUT2D eigenvalue weighted by Crippen LogP contribution is -3.11. The Balaban J connectivity index is 1.67. The lowest BCUT2D eigenvalue weighted by Gasteiger charge is -2.22. The number of esters is 1. The predicted octanol–water partition coefficient (Wildman–Crippen LogP) is 2.49. The number of hydrogen-bond donors (Lipinski definition) is 2. The van der Waals surface area contributed by atoms with Crippen LogP contribution in [0.1, 0.15) is 38.3 Å². The number of hydrogen-bond acceptors (Lipinski definition) is 5. The Morgan fingerprint density at radius 3 is 2.89 bits per heavy atom. The Hall–Kier alpha value is -2.64. The number of carbonyl (C=O) groups excluding carboxylic acids is 2. The zero-order valence-electron chi connectivity index (χ0n) is 15.3. The van der Waals surface area contributed by atoms with Crippen molar-refractivity contribution in [3.05, 3.63) is 52.1 Å². The maximum absolute atomic E-state index is 12.7. The number of quaternary nitrogens is 1. The monoisotopic (exact) mass is 385 g/mol. The number of carbonyl (C=O) groups is 2. The zero-order chi connectivity index (χ0) is 19.0. The number of para-hydroxylation sites is 1. The highest BCUT2D eigenvalue weighted by Gasteiger charge is 2.31. The molecule has 1 aliphatic rings. The Morgan fingerprint density at radius 1 is 1.33 bits per heavy atom. The number of ether oxygens (including phenoxy) is 1. The molecule has 140 valence electrons. The number of fused-ring (bicyclic) bond motifs is 2. The number of rotatable bonds is 4. The number of anilines is 1. The van der Waals surface area contributed by atoms with E-state index in [1.165, 1.54) is 23.3 Å². The van der Waals surface area contributed by atoms with E-state index in [0.717, 1.165) is 41.9 Å². The number of amides is 1. The van der Waals surface area contributed by atoms with Crippen LogP contribution in [0.4, 0.5) is 5.00 Å². The van der Waals surface area contributed by atoms with Crippen molar-refractivity contribution in [2.75, 3.05) is 25.5 Å². The van der Waals surface area contributed by atoms with Crippen molar-refractivity contribution in [2.45, 2.75) is 19.9 Å². The van der Waals surface area contributed by atoms with Gasteiger partial charge in [-0.3, -0.25) is 4.79 Å². The fourth-order valence-corrected chi connectivity index (χ4v) is 4.81. The Bertz CT molecular complexity index is 987. The normalized spacial score (nSPS) is 16.1. The molecule has 1 atom stereocenters. The van der Waals surface area contributed by atoms with Gasteiger partial charge in [-0.15, -0.1) is 11.3 Å². The van der Waals surface area contributed by atoms with Crippen LogP contribution in [0.3, 0.4) is 0 Å². The maximum Gasteiger partial charge on any atom is 0.341 e. The van der Waals surface area contributed by atoms with Gasteiger partial charge in [0.05, 0.1) is 30.6 Å². The van der Waals surface area contributed by atoms with E-state index in [2.05, 4.69) is 12.2 Å². The van der Waals surface area contributed by atoms with E-state index in [1.807, 2.05) is 24.3 Å². The number of nitrogens with one attached hydrogen (secondary N) is 2. The smallest absolute Gasteiger partial charge is 0.341 e. The third-order valence-corrected chi connectivity index (χ3v) is 6.14. The van der Waals surface area contributed by atoms with Gasteiger partial charge in [0.25, 0.3) is 5.91 Å². The van der Waals surface area contributed by atoms with E-state index in [4.69, 9.17) is 9.15 Å². The highest BCUT2D eigenvalue weighted by atomic mass is 32.1. The molecule has 3 aromatic rings. The third kappa shape index (κ3) is 3.24. The molecule has 2 N–H and O–H groups in total. The zero-order valence-corrected chi connectivity index (χ0v) is 16.1. The molecule has 6 nitrogen and oxygen atoms in total. The first-order valence-corrected chi connectivity index (χ1v) is 9.78. The minimum atomic E-state index is -0.410. The van der Waals surface area contributed by atoms with E-state index in [0.29, 0.717) is 16.1 Å². The van der Waals surface area contributed by atoms with Gasteiger partial charge in [-0.1, -0.05) is 18.2 Å². The van der Waals surface area contributed by atoms with Crippen LogP contribution in [-0.2, 0) is 17.7 Å². The van der Waals surface area contributed by atoms with Crippen molar-refractivity contribution < 1.29 is 23.6 Å². The number of furan rings is 1. The quantitative estimate of drug-likeness (QED) is 0.677. The minimum absolute atomic E-state index is 0.221. The van der Waals surface area contributed by atoms with E-state index in [-0.39, 0.29) is 11.7 Å². The summed E-state index contributed by atoms with van der Waals surface area (Å²) in [6.45, 7) is 5.02. The number of benzene rings is 1. The third-order valence-electron chi connectivity index (χ3n) is 5.00. The lowest BCUT2D eigenvalue weighted by molar-refractivity contribution is -0.913. The number of methoxy groups -OCH3 is 1. The topological polar surface area (TPSA) is 73.0 Å². The van der Waals surface area contributed by atoms with Gasteiger partial charge >= 0.3 is 5.97 Å². The first-order chi connectivity index (χ1) is 13.1. The van der Waals surface area contributed by atoms with Gasteiger partial charge in [0.1, 0.15) is 17.1 Å². The van der Waals surface area contributed by atoms with E-state index < -0.39 is 5.97 Å². The fraction of sp³-hybridized carbons (Fsp3) is 0.300. The van der Waals surface area contributed by atoms with Crippen LogP contribution >= 0.6 is 11.3 Å². The van der Waals surface area contributed by atoms with Crippen molar-refractivity contribution in [2.24, 2.45) is 0 Å². The van der Waals surface area contributed by atoms with Gasteiger partial charge in [0.2, 0.25) is 0 Å². The van der Waals surface area contributed by atoms with Crippen molar-refractivity contribution in [1.29, 1.82) is 0 Å². The van der Waals surface area contributed by atoms with Crippen molar-refractivity contribution in [1.82, 2.24) is 0 Å². The molecule has 0 fully saturated rings. The first kappa shape index (κ1) is 17.8. The van der Waals surface area contributed by atoms with Gasteiger partial charge in [0.15, 0.2) is 5.76 Å². The first-order valence-electron chi connectivity index (χ1n) is 8.97. The standard InChI is InChI=1S/C20H20N2O4S/c1-3-22-9-8-13-16(11-22)27-19(17(13)20(24)25-2)21-18(23)15-10-12-6-4-5-7-14(12)26-15/h4-7,10H,3,8-9,11H2,1-2H3,(H,21,23)/p+1. The molecule has 0 aliphatic carbocycles. The molecule has 1 aliphatic heterocycles. The van der Waals surface area contributed by atoms with Crippen LogP contribution in [0.25, 0.3) is 11.0 Å². The van der Waals surface area contributed by atoms with Crippen LogP contribution in [0, 0.1) is 0 Å². The summed E-state index contributed by atoms with van der Waals surface area (Å²) in [6, 6.07) is 9.17. The summed E-state index contributed by atoms with van der Waals surface area (Å²) in [5.74, 6) is -0.554. The lowest BCUT2D eigenvalue weighted by atomic mass is 10.0. The molecule has 1 unspecified atom stereocenters. The fourth-order valence-electron chi connectivity index (χ4n) is 3.50. The Morgan fingerprint density at radius 2 is 2.15 bits per heavy atom. The summed E-state index contributed by atoms with van der Waals surface area (Å²) < 4.78 is 10.6. The van der Waals surface area contributed by atoms with Gasteiger partial charge < -0.3 is 19.4 Å². The molecule has 0 saturated heterocycles. The van der Waals surface area contributed by atoms with Gasteiger partial charge in [-0.05, 0) is 24.6 Å². The molecule has 1 aromatic carbocycles. The van der Waals surface area contributed by atoms with Gasteiger partial charge in [-0.2, -0.15) is 0 Å². The Kier molecular flexibility index (Phi) is 4.72. The molecular formula is C20H21N2O4S+. The predicted molar refractivity (Wildman–Crippen MR) is 104 cm³/mol. The number of thiophene rings is 1. The average Bonchev–Trinajstić information content (AvgIpc) is 3.27. The molecule has 0 bridgehead atoms. The molecule has 1 amide bonds. The van der Waals surface area contributed by atoms with Crippen LogP contribution < -0.4 is 10.2 Å². The minimum Gasteiger partial charge on any atom is -0.465 e. The maximum atomic E-state index is 12.7. The molecule has 0 spiro atoms. The molecule has 4 rings (SSSR count). The SMILES string of the molecule is CC[NH+]1CCc2c(sc(NC(=O)c3cc4ccccc4o3)c2C(=O)OC)C1. The molecule has 27 heavy (non-hydrogen) atoms. The average molecular weight is 385 g/mol. The van der Waals surface area contributed by atoms with E-state index in [1.54, 1.807) is 6.07 Å². The summed E-state index contributed by atoms with van der Waals surface area (Å²) in [6.07, 6.45) is 0.806. The van der Waals surface area contributed by atoms with Crippen molar-refractivity contribution in [3.8, 4) is 0 Å². The Labute approximate surface area is 160 Å². The van der Waals surface area contributed by atoms with Gasteiger partial charge in [-0.25, -0.2) is 4.79 Å². The van der Waals surface area contributed by atoms with E-state index in [9.17, 15) is 9.59 Å². The van der Waals surface area contributed by atoms with Crippen LogP contribution in [0.5, 0.6) is 0 Å². The molecule has 0 radical (unpaired) electrons. The summed E-state index contributed by atoms with van der Waals surface area (Å²) in [5, 5.41) is 4.27. The van der Waals surface area contributed by atoms with Gasteiger partial charge in [0, 0.05) is 11.8 Å². The molecule has 0 saturated carbocycles. The van der Waals surface area contributed by atoms with Crippen LogP contribution in [0.2, 0.25) is 0 Å². The van der Waals surface area contributed by atoms with Crippen LogP contribution in [0.15, 0.2) is 34.7 Å². The van der Waals surface area contributed by atoms with E-state index >= 15 is 0 Å². The number of likely N-dealkylation sites (N-methyl/N-ethyl adjacent to an activating group) is 1. The summed E-state index contributed by atoms with van der Waals surface area (Å²) in [4.78, 5) is 27.7. The van der Waals surface area contributed by atoms with Crippen molar-refractivity contribution >= 4 is 39.2 Å². The van der Waals surface area contributed by atoms with Crippen molar-refractivity contribution in [3.63, 3.8) is 0 Å². The second kappa shape index (κ2) is 7.17. The molecule has 7 heteroatoms. The molecule has 2 aromatic heterocycles. The molecular weight excluding hydrogens is 364 g/mol. The second-order valence-corrected chi connectivity index (χ2v) is 7.69. The second-order valence-electron chi connectivity index (χ2n) is 6.58. The summed E-state index contributed by atoms with van der Waals surface area (Å²) in [5.41, 5.74) is 2.14. The highest BCUT2D eigenvalue weighted by molar-refractivity contribution is 7.17. The van der Waals surface area contributed by atoms with Crippen LogP contribution in [-0.4, -0.2) is 32.1 Å². The summed E-state index contributed by atoms with van der Waals surface area (Å²) >= 11 is 1.46. The molecule has 3 heterocycles. The highest BCUT2D eigenvalue weighted by Crippen LogP contribution is 2.35. The summed E-state index contributed by atoms with van der Waals surface area (Å²) in [7, 11) is 1.36. The largest absolute Gasteiger partial charge is 0.465 e.